The molecule has 5 heteroatoms. The van der Waals surface area contributed by atoms with E-state index in [-0.39, 0.29) is 17.6 Å². The average Bonchev–Trinajstić information content (AvgIpc) is 2.48. The number of nitrogens with one attached hydrogen (secondary N) is 1. The summed E-state index contributed by atoms with van der Waals surface area (Å²) in [5.74, 6) is -0.128. The molecule has 1 unspecified atom stereocenters. The van der Waals surface area contributed by atoms with Crippen LogP contribution in [0.1, 0.15) is 24.1 Å². The van der Waals surface area contributed by atoms with Crippen LogP contribution in [0, 0.1) is 5.82 Å². The van der Waals surface area contributed by atoms with E-state index in [1.807, 2.05) is 31.2 Å². The van der Waals surface area contributed by atoms with Gasteiger partial charge in [0.05, 0.1) is 18.2 Å². The van der Waals surface area contributed by atoms with E-state index in [4.69, 9.17) is 16.3 Å². The predicted octanol–water partition coefficient (Wildman–Crippen LogP) is 4.95. The lowest BCUT2D eigenvalue weighted by atomic mass is 9.98. The largest absolute Gasteiger partial charge is 0.494 e. The van der Waals surface area contributed by atoms with Crippen molar-refractivity contribution in [1.29, 1.82) is 0 Å². The minimum absolute atomic E-state index is 0.107. The Balaban J connectivity index is 2.42. The molecule has 0 saturated heterocycles. The molecule has 0 aliphatic rings. The van der Waals surface area contributed by atoms with Crippen LogP contribution in [0.3, 0.4) is 0 Å². The van der Waals surface area contributed by atoms with Crippen molar-refractivity contribution in [2.24, 2.45) is 0 Å². The van der Waals surface area contributed by atoms with Gasteiger partial charge >= 0.3 is 0 Å². The number of ether oxygens (including phenoxy) is 1. The van der Waals surface area contributed by atoms with Gasteiger partial charge in [0.15, 0.2) is 11.6 Å². The number of hydrogen-bond donors (Lipinski definition) is 1. The van der Waals surface area contributed by atoms with Crippen molar-refractivity contribution in [2.45, 2.75) is 13.0 Å². The number of rotatable bonds is 5. The summed E-state index contributed by atoms with van der Waals surface area (Å²) in [6, 6.07) is 10.6. The summed E-state index contributed by atoms with van der Waals surface area (Å²) < 4.78 is 19.7. The van der Waals surface area contributed by atoms with Gasteiger partial charge in [-0.25, -0.2) is 4.39 Å². The fourth-order valence-electron chi connectivity index (χ4n) is 2.19. The molecule has 0 radical (unpaired) electrons. The summed E-state index contributed by atoms with van der Waals surface area (Å²) in [5, 5.41) is 4.00. The van der Waals surface area contributed by atoms with Crippen molar-refractivity contribution in [3.63, 3.8) is 0 Å². The van der Waals surface area contributed by atoms with E-state index in [2.05, 4.69) is 21.2 Å². The molecule has 0 aliphatic heterocycles. The molecule has 21 heavy (non-hydrogen) atoms. The molecule has 2 nitrogen and oxygen atoms in total. The Morgan fingerprint density at radius 1 is 1.24 bits per heavy atom. The monoisotopic (exact) mass is 371 g/mol. The van der Waals surface area contributed by atoms with Crippen LogP contribution in [-0.2, 0) is 0 Å². The van der Waals surface area contributed by atoms with Crippen molar-refractivity contribution < 1.29 is 9.13 Å². The van der Waals surface area contributed by atoms with Gasteiger partial charge in [-0.05, 0) is 57.9 Å². The van der Waals surface area contributed by atoms with E-state index < -0.39 is 0 Å². The molecule has 0 aliphatic carbocycles. The quantitative estimate of drug-likeness (QED) is 0.802. The standard InChI is InChI=1S/C16H16BrClFNO/c1-3-20-16(10-4-6-13(18)12(17)8-10)11-5-7-15(21-2)14(19)9-11/h4-9,16,20H,3H2,1-2H3. The van der Waals surface area contributed by atoms with Gasteiger partial charge in [0, 0.05) is 4.47 Å². The highest BCUT2D eigenvalue weighted by Crippen LogP contribution is 2.30. The van der Waals surface area contributed by atoms with Gasteiger partial charge in [-0.15, -0.1) is 0 Å². The van der Waals surface area contributed by atoms with Crippen LogP contribution in [0.5, 0.6) is 5.75 Å². The van der Waals surface area contributed by atoms with Crippen LogP contribution in [0.4, 0.5) is 4.39 Å². The second kappa shape index (κ2) is 7.25. The fourth-order valence-corrected chi connectivity index (χ4v) is 2.70. The van der Waals surface area contributed by atoms with Crippen molar-refractivity contribution in [3.8, 4) is 5.75 Å². The highest BCUT2D eigenvalue weighted by atomic mass is 79.9. The van der Waals surface area contributed by atoms with Crippen molar-refractivity contribution in [3.05, 3.63) is 62.8 Å². The summed E-state index contributed by atoms with van der Waals surface area (Å²) in [5.41, 5.74) is 1.85. The van der Waals surface area contributed by atoms with Gasteiger partial charge in [-0.3, -0.25) is 0 Å². The normalized spacial score (nSPS) is 12.2. The third-order valence-electron chi connectivity index (χ3n) is 3.19. The summed E-state index contributed by atoms with van der Waals surface area (Å²) in [7, 11) is 1.45. The summed E-state index contributed by atoms with van der Waals surface area (Å²) >= 11 is 9.45. The van der Waals surface area contributed by atoms with E-state index in [9.17, 15) is 4.39 Å². The molecule has 112 valence electrons. The molecule has 0 saturated carbocycles. The van der Waals surface area contributed by atoms with Crippen LogP contribution in [0.15, 0.2) is 40.9 Å². The lowest BCUT2D eigenvalue weighted by molar-refractivity contribution is 0.385. The van der Waals surface area contributed by atoms with Crippen molar-refractivity contribution in [2.75, 3.05) is 13.7 Å². The van der Waals surface area contributed by atoms with Crippen LogP contribution in [0.25, 0.3) is 0 Å². The smallest absolute Gasteiger partial charge is 0.165 e. The summed E-state index contributed by atoms with van der Waals surface area (Å²) in [6.07, 6.45) is 0. The Hall–Kier alpha value is -1.10. The molecule has 2 rings (SSSR count). The molecule has 2 aromatic carbocycles. The molecule has 0 bridgehead atoms. The van der Waals surface area contributed by atoms with E-state index in [0.29, 0.717) is 5.02 Å². The third-order valence-corrected chi connectivity index (χ3v) is 4.41. The zero-order valence-corrected chi connectivity index (χ0v) is 14.1. The van der Waals surface area contributed by atoms with E-state index in [1.165, 1.54) is 13.2 Å². The van der Waals surface area contributed by atoms with Gasteiger partial charge in [0.2, 0.25) is 0 Å². The zero-order valence-electron chi connectivity index (χ0n) is 11.8. The minimum Gasteiger partial charge on any atom is -0.494 e. The number of halogens is 3. The summed E-state index contributed by atoms with van der Waals surface area (Å²) in [4.78, 5) is 0. The molecule has 0 heterocycles. The molecule has 0 aromatic heterocycles. The Kier molecular flexibility index (Phi) is 5.62. The molecule has 1 N–H and O–H groups in total. The Labute approximate surface area is 137 Å². The van der Waals surface area contributed by atoms with Gasteiger partial charge in [-0.1, -0.05) is 30.7 Å². The molecule has 0 amide bonds. The first kappa shape index (κ1) is 16.3. The predicted molar refractivity (Wildman–Crippen MR) is 87.6 cm³/mol. The number of hydrogen-bond acceptors (Lipinski definition) is 2. The van der Waals surface area contributed by atoms with Gasteiger partial charge in [0.25, 0.3) is 0 Å². The maximum atomic E-state index is 13.9. The second-order valence-electron chi connectivity index (χ2n) is 4.56. The second-order valence-corrected chi connectivity index (χ2v) is 5.82. The Bertz CT molecular complexity index is 636. The van der Waals surface area contributed by atoms with Gasteiger partial charge < -0.3 is 10.1 Å². The molecule has 0 spiro atoms. The van der Waals surface area contributed by atoms with Gasteiger partial charge in [-0.2, -0.15) is 0 Å². The first-order valence-electron chi connectivity index (χ1n) is 6.58. The van der Waals surface area contributed by atoms with Crippen molar-refractivity contribution in [1.82, 2.24) is 5.32 Å². The first-order chi connectivity index (χ1) is 10.1. The highest BCUT2D eigenvalue weighted by Gasteiger charge is 2.16. The van der Waals surface area contributed by atoms with Gasteiger partial charge in [0.1, 0.15) is 0 Å². The average molecular weight is 373 g/mol. The molecule has 0 fully saturated rings. The third kappa shape index (κ3) is 3.76. The minimum atomic E-state index is -0.370. The summed E-state index contributed by atoms with van der Waals surface area (Å²) in [6.45, 7) is 2.77. The molecular formula is C16H16BrClFNO. The SMILES string of the molecule is CCNC(c1ccc(OC)c(F)c1)c1ccc(Cl)c(Br)c1. The first-order valence-corrected chi connectivity index (χ1v) is 7.75. The van der Waals surface area contributed by atoms with Crippen LogP contribution in [0.2, 0.25) is 5.02 Å². The molecule has 1 atom stereocenters. The maximum absolute atomic E-state index is 13.9. The number of benzene rings is 2. The highest BCUT2D eigenvalue weighted by molar-refractivity contribution is 9.10. The lowest BCUT2D eigenvalue weighted by Crippen LogP contribution is -2.22. The van der Waals surface area contributed by atoms with Crippen LogP contribution in [-0.4, -0.2) is 13.7 Å². The zero-order chi connectivity index (χ0) is 15.4. The number of methoxy groups -OCH3 is 1. The van der Waals surface area contributed by atoms with Crippen LogP contribution < -0.4 is 10.1 Å². The molecular weight excluding hydrogens is 357 g/mol. The van der Waals surface area contributed by atoms with E-state index in [1.54, 1.807) is 6.07 Å². The Morgan fingerprint density at radius 3 is 2.48 bits per heavy atom. The molecule has 2 aromatic rings. The van der Waals surface area contributed by atoms with Crippen molar-refractivity contribution >= 4 is 27.5 Å². The lowest BCUT2D eigenvalue weighted by Gasteiger charge is -2.20. The van der Waals surface area contributed by atoms with E-state index in [0.717, 1.165) is 22.1 Å². The fraction of sp³-hybridized carbons (Fsp3) is 0.250. The maximum Gasteiger partial charge on any atom is 0.165 e. The topological polar surface area (TPSA) is 21.3 Å². The van der Waals surface area contributed by atoms with E-state index >= 15 is 0 Å². The Morgan fingerprint density at radius 2 is 1.90 bits per heavy atom. The van der Waals surface area contributed by atoms with Crippen LogP contribution >= 0.6 is 27.5 Å².